The molecule has 6 nitrogen and oxygen atoms in total. The standard InChI is InChI=1S/C13H16N4O2/c1-16-9-7-12(15-16)10-14-8-6-11-2-4-13(5-3-11)17(18)19/h2-5,7,9,14H,6,8,10H2,1H3. The van der Waals surface area contributed by atoms with Gasteiger partial charge >= 0.3 is 0 Å². The number of rotatable bonds is 6. The number of nitrogens with zero attached hydrogens (tertiary/aromatic N) is 3. The number of non-ortho nitro benzene ring substituents is 1. The third-order valence-electron chi connectivity index (χ3n) is 2.81. The smallest absolute Gasteiger partial charge is 0.269 e. The molecule has 0 saturated heterocycles. The van der Waals surface area contributed by atoms with Gasteiger partial charge in [0.25, 0.3) is 5.69 Å². The van der Waals surface area contributed by atoms with E-state index in [1.54, 1.807) is 16.8 Å². The second kappa shape index (κ2) is 6.10. The molecule has 0 aliphatic rings. The minimum Gasteiger partial charge on any atom is -0.311 e. The van der Waals surface area contributed by atoms with Crippen LogP contribution < -0.4 is 5.32 Å². The van der Waals surface area contributed by atoms with E-state index in [2.05, 4.69) is 10.4 Å². The Kier molecular flexibility index (Phi) is 4.25. The van der Waals surface area contributed by atoms with Gasteiger partial charge in [0, 0.05) is 31.9 Å². The third-order valence-corrected chi connectivity index (χ3v) is 2.81. The first kappa shape index (κ1) is 13.2. The summed E-state index contributed by atoms with van der Waals surface area (Å²) in [6.07, 6.45) is 2.75. The van der Waals surface area contributed by atoms with Gasteiger partial charge in [0.05, 0.1) is 10.6 Å². The van der Waals surface area contributed by atoms with Gasteiger partial charge in [0.2, 0.25) is 0 Å². The van der Waals surface area contributed by atoms with Crippen molar-refractivity contribution in [1.82, 2.24) is 15.1 Å². The molecule has 19 heavy (non-hydrogen) atoms. The number of nitrogens with one attached hydrogen (secondary N) is 1. The van der Waals surface area contributed by atoms with Crippen LogP contribution in [0.1, 0.15) is 11.3 Å². The van der Waals surface area contributed by atoms with Gasteiger partial charge in [0.15, 0.2) is 0 Å². The number of nitro groups is 1. The Hall–Kier alpha value is -2.21. The summed E-state index contributed by atoms with van der Waals surface area (Å²) in [6, 6.07) is 8.63. The second-order valence-electron chi connectivity index (χ2n) is 4.33. The van der Waals surface area contributed by atoms with Crippen LogP contribution in [0.15, 0.2) is 36.5 Å². The van der Waals surface area contributed by atoms with Gasteiger partial charge in [-0.1, -0.05) is 12.1 Å². The lowest BCUT2D eigenvalue weighted by Gasteiger charge is -2.03. The van der Waals surface area contributed by atoms with Crippen molar-refractivity contribution in [3.05, 3.63) is 57.9 Å². The van der Waals surface area contributed by atoms with Crippen molar-refractivity contribution in [2.75, 3.05) is 6.54 Å². The van der Waals surface area contributed by atoms with Gasteiger partial charge < -0.3 is 5.32 Å². The maximum atomic E-state index is 10.5. The zero-order valence-electron chi connectivity index (χ0n) is 10.7. The molecule has 0 aliphatic carbocycles. The molecule has 0 fully saturated rings. The maximum Gasteiger partial charge on any atom is 0.269 e. The van der Waals surface area contributed by atoms with Crippen molar-refractivity contribution >= 4 is 5.69 Å². The highest BCUT2D eigenvalue weighted by molar-refractivity contribution is 5.32. The van der Waals surface area contributed by atoms with E-state index in [9.17, 15) is 10.1 Å². The summed E-state index contributed by atoms with van der Waals surface area (Å²) in [5, 5.41) is 18.1. The molecule has 6 heteroatoms. The summed E-state index contributed by atoms with van der Waals surface area (Å²) >= 11 is 0. The van der Waals surface area contributed by atoms with Crippen molar-refractivity contribution in [3.63, 3.8) is 0 Å². The predicted molar refractivity (Wildman–Crippen MR) is 71.7 cm³/mol. The molecule has 0 spiro atoms. The van der Waals surface area contributed by atoms with Gasteiger partial charge in [-0.25, -0.2) is 0 Å². The van der Waals surface area contributed by atoms with Crippen LogP contribution in [0.3, 0.4) is 0 Å². The molecule has 0 radical (unpaired) electrons. The molecule has 0 atom stereocenters. The quantitative estimate of drug-likeness (QED) is 0.487. The van der Waals surface area contributed by atoms with E-state index >= 15 is 0 Å². The third kappa shape index (κ3) is 3.89. The molecule has 0 amide bonds. The van der Waals surface area contributed by atoms with Crippen molar-refractivity contribution in [3.8, 4) is 0 Å². The lowest BCUT2D eigenvalue weighted by atomic mass is 10.1. The first-order valence-electron chi connectivity index (χ1n) is 6.08. The Morgan fingerprint density at radius 2 is 2.05 bits per heavy atom. The largest absolute Gasteiger partial charge is 0.311 e. The number of hydrogen-bond donors (Lipinski definition) is 1. The number of aromatic nitrogens is 2. The van der Waals surface area contributed by atoms with Gasteiger partial charge in [0.1, 0.15) is 0 Å². The first-order chi connectivity index (χ1) is 9.15. The number of hydrogen-bond acceptors (Lipinski definition) is 4. The zero-order valence-corrected chi connectivity index (χ0v) is 10.7. The number of benzene rings is 1. The molecule has 1 heterocycles. The van der Waals surface area contributed by atoms with Crippen molar-refractivity contribution in [2.24, 2.45) is 7.05 Å². The van der Waals surface area contributed by atoms with Gasteiger partial charge in [-0.2, -0.15) is 5.10 Å². The number of aryl methyl sites for hydroxylation is 1. The van der Waals surface area contributed by atoms with Gasteiger partial charge in [-0.05, 0) is 24.6 Å². The SMILES string of the molecule is Cn1ccc(CNCCc2ccc([N+](=O)[O-])cc2)n1. The average molecular weight is 260 g/mol. The Bertz CT molecular complexity index is 548. The van der Waals surface area contributed by atoms with E-state index < -0.39 is 0 Å². The van der Waals surface area contributed by atoms with Crippen molar-refractivity contribution < 1.29 is 4.92 Å². The first-order valence-corrected chi connectivity index (χ1v) is 6.08. The fraction of sp³-hybridized carbons (Fsp3) is 0.308. The highest BCUT2D eigenvalue weighted by Crippen LogP contribution is 2.11. The van der Waals surface area contributed by atoms with Crippen LogP contribution in [-0.4, -0.2) is 21.2 Å². The normalized spacial score (nSPS) is 10.6. The Balaban J connectivity index is 1.75. The minimum atomic E-state index is -0.386. The monoisotopic (exact) mass is 260 g/mol. The lowest BCUT2D eigenvalue weighted by molar-refractivity contribution is -0.384. The molecule has 1 aromatic heterocycles. The van der Waals surface area contributed by atoms with E-state index in [-0.39, 0.29) is 10.6 Å². The molecule has 0 bridgehead atoms. The van der Waals surface area contributed by atoms with E-state index in [4.69, 9.17) is 0 Å². The van der Waals surface area contributed by atoms with E-state index in [0.29, 0.717) is 0 Å². The average Bonchev–Trinajstić information content (AvgIpc) is 2.81. The van der Waals surface area contributed by atoms with Crippen LogP contribution in [0.25, 0.3) is 0 Å². The Morgan fingerprint density at radius 3 is 2.63 bits per heavy atom. The summed E-state index contributed by atoms with van der Waals surface area (Å²) in [5.74, 6) is 0. The molecule has 2 aromatic rings. The second-order valence-corrected chi connectivity index (χ2v) is 4.33. The van der Waals surface area contributed by atoms with Crippen LogP contribution in [0.2, 0.25) is 0 Å². The molecular formula is C13H16N4O2. The van der Waals surface area contributed by atoms with Crippen molar-refractivity contribution in [2.45, 2.75) is 13.0 Å². The minimum absolute atomic E-state index is 0.130. The van der Waals surface area contributed by atoms with Crippen LogP contribution in [-0.2, 0) is 20.0 Å². The fourth-order valence-corrected chi connectivity index (χ4v) is 1.79. The molecule has 1 aromatic carbocycles. The van der Waals surface area contributed by atoms with Crippen LogP contribution >= 0.6 is 0 Å². The highest BCUT2D eigenvalue weighted by atomic mass is 16.6. The molecule has 0 aliphatic heterocycles. The van der Waals surface area contributed by atoms with Crippen LogP contribution in [0.5, 0.6) is 0 Å². The molecule has 0 unspecified atom stereocenters. The molecule has 2 rings (SSSR count). The topological polar surface area (TPSA) is 73.0 Å². The summed E-state index contributed by atoms with van der Waals surface area (Å²) in [4.78, 5) is 10.1. The zero-order chi connectivity index (χ0) is 13.7. The molecule has 0 saturated carbocycles. The van der Waals surface area contributed by atoms with Gasteiger partial charge in [-0.3, -0.25) is 14.8 Å². The Morgan fingerprint density at radius 1 is 1.32 bits per heavy atom. The summed E-state index contributed by atoms with van der Waals surface area (Å²) in [6.45, 7) is 1.54. The fourth-order valence-electron chi connectivity index (χ4n) is 1.79. The lowest BCUT2D eigenvalue weighted by Crippen LogP contribution is -2.17. The van der Waals surface area contributed by atoms with E-state index in [1.165, 1.54) is 12.1 Å². The molecular weight excluding hydrogens is 244 g/mol. The van der Waals surface area contributed by atoms with Crippen LogP contribution in [0, 0.1) is 10.1 Å². The maximum absolute atomic E-state index is 10.5. The van der Waals surface area contributed by atoms with Gasteiger partial charge in [-0.15, -0.1) is 0 Å². The summed E-state index contributed by atoms with van der Waals surface area (Å²) in [7, 11) is 1.89. The van der Waals surface area contributed by atoms with Crippen molar-refractivity contribution in [1.29, 1.82) is 0 Å². The summed E-state index contributed by atoms with van der Waals surface area (Å²) in [5.41, 5.74) is 2.22. The molecule has 1 N–H and O–H groups in total. The van der Waals surface area contributed by atoms with E-state index in [0.717, 1.165) is 30.8 Å². The van der Waals surface area contributed by atoms with Crippen LogP contribution in [0.4, 0.5) is 5.69 Å². The summed E-state index contributed by atoms with van der Waals surface area (Å²) < 4.78 is 1.77. The number of nitro benzene ring substituents is 1. The Labute approximate surface area is 111 Å². The van der Waals surface area contributed by atoms with E-state index in [1.807, 2.05) is 19.3 Å². The predicted octanol–water partition coefficient (Wildman–Crippen LogP) is 1.66. The highest BCUT2D eigenvalue weighted by Gasteiger charge is 2.03. The molecule has 100 valence electrons.